The van der Waals surface area contributed by atoms with Crippen LogP contribution in [0.15, 0.2) is 54.6 Å². The minimum absolute atomic E-state index is 0.0739. The third-order valence-corrected chi connectivity index (χ3v) is 3.51. The van der Waals surface area contributed by atoms with E-state index in [0.29, 0.717) is 0 Å². The number of carbonyl (C=O) groups is 2. The maximum atomic E-state index is 12.7. The van der Waals surface area contributed by atoms with Crippen LogP contribution in [0.4, 0.5) is 18.9 Å². The maximum absolute atomic E-state index is 12.7. The highest BCUT2D eigenvalue weighted by molar-refractivity contribution is 5.80. The molecule has 0 heterocycles. The van der Waals surface area contributed by atoms with Crippen LogP contribution >= 0.6 is 0 Å². The lowest BCUT2D eigenvalue weighted by Gasteiger charge is -2.18. The molecule has 0 aliphatic carbocycles. The van der Waals surface area contributed by atoms with Crippen LogP contribution in [-0.2, 0) is 15.8 Å². The van der Waals surface area contributed by atoms with Crippen molar-refractivity contribution in [2.75, 3.05) is 5.43 Å². The minimum Gasteiger partial charge on any atom is -0.349 e. The Morgan fingerprint density at radius 2 is 1.73 bits per heavy atom. The van der Waals surface area contributed by atoms with Gasteiger partial charge in [0.25, 0.3) is 0 Å². The van der Waals surface area contributed by atoms with Crippen LogP contribution in [0.3, 0.4) is 0 Å². The zero-order valence-corrected chi connectivity index (χ0v) is 13.9. The Hall–Kier alpha value is -3.03. The van der Waals surface area contributed by atoms with Crippen LogP contribution in [0.5, 0.6) is 0 Å². The second-order valence-corrected chi connectivity index (χ2v) is 5.62. The van der Waals surface area contributed by atoms with E-state index < -0.39 is 23.7 Å². The summed E-state index contributed by atoms with van der Waals surface area (Å²) in [7, 11) is 0. The first-order chi connectivity index (χ1) is 12.3. The summed E-state index contributed by atoms with van der Waals surface area (Å²) in [5.74, 6) is -0.775. The molecule has 0 unspecified atom stereocenters. The van der Waals surface area contributed by atoms with Gasteiger partial charge in [0, 0.05) is 6.92 Å². The van der Waals surface area contributed by atoms with Crippen molar-refractivity contribution in [2.24, 2.45) is 0 Å². The summed E-state index contributed by atoms with van der Waals surface area (Å²) in [4.78, 5) is 23.5. The van der Waals surface area contributed by atoms with Gasteiger partial charge < -0.3 is 5.32 Å². The van der Waals surface area contributed by atoms with E-state index in [1.807, 2.05) is 6.07 Å². The molecule has 138 valence electrons. The number of rotatable bonds is 6. The Kier molecular flexibility index (Phi) is 6.21. The van der Waals surface area contributed by atoms with E-state index in [4.69, 9.17) is 0 Å². The molecule has 0 aliphatic heterocycles. The number of hydrazine groups is 1. The molecule has 0 aromatic heterocycles. The van der Waals surface area contributed by atoms with Gasteiger partial charge in [0.15, 0.2) is 0 Å². The Morgan fingerprint density at radius 3 is 2.35 bits per heavy atom. The van der Waals surface area contributed by atoms with E-state index in [-0.39, 0.29) is 18.0 Å². The standard InChI is InChI=1S/C18H18F3N3O2/c1-12(25)22-16(13-6-3-2-4-7-13)11-17(26)24-23-15-9-5-8-14(10-15)18(19,20)21/h2-10,16,23H,11H2,1H3,(H,22,25)(H,24,26)/t16-/m0/s1. The Bertz CT molecular complexity index is 764. The van der Waals surface area contributed by atoms with Crippen LogP contribution < -0.4 is 16.2 Å². The monoisotopic (exact) mass is 365 g/mol. The van der Waals surface area contributed by atoms with Gasteiger partial charge in [-0.25, -0.2) is 0 Å². The summed E-state index contributed by atoms with van der Waals surface area (Å²) < 4.78 is 38.1. The summed E-state index contributed by atoms with van der Waals surface area (Å²) in [6, 6.07) is 12.8. The topological polar surface area (TPSA) is 70.2 Å². The number of benzene rings is 2. The van der Waals surface area contributed by atoms with Crippen LogP contribution in [0, 0.1) is 0 Å². The summed E-state index contributed by atoms with van der Waals surface area (Å²) in [6.45, 7) is 1.34. The number of carbonyl (C=O) groups excluding carboxylic acids is 2. The Balaban J connectivity index is 1.99. The van der Waals surface area contributed by atoms with Gasteiger partial charge in [-0.15, -0.1) is 0 Å². The molecule has 2 aromatic carbocycles. The second-order valence-electron chi connectivity index (χ2n) is 5.62. The van der Waals surface area contributed by atoms with Gasteiger partial charge in [0.2, 0.25) is 11.8 Å². The van der Waals surface area contributed by atoms with Crippen molar-refractivity contribution in [1.29, 1.82) is 0 Å². The molecule has 0 bridgehead atoms. The van der Waals surface area contributed by atoms with Crippen molar-refractivity contribution >= 4 is 17.5 Å². The lowest BCUT2D eigenvalue weighted by molar-refractivity contribution is -0.137. The molecule has 2 rings (SSSR count). The fourth-order valence-electron chi connectivity index (χ4n) is 2.33. The second kappa shape index (κ2) is 8.37. The van der Waals surface area contributed by atoms with Gasteiger partial charge in [0.05, 0.1) is 23.7 Å². The van der Waals surface area contributed by atoms with E-state index in [9.17, 15) is 22.8 Å². The van der Waals surface area contributed by atoms with E-state index >= 15 is 0 Å². The highest BCUT2D eigenvalue weighted by atomic mass is 19.4. The normalized spacial score (nSPS) is 12.2. The van der Waals surface area contributed by atoms with Crippen LogP contribution in [-0.4, -0.2) is 11.8 Å². The lowest BCUT2D eigenvalue weighted by atomic mass is 10.0. The first kappa shape index (κ1) is 19.3. The Labute approximate surface area is 148 Å². The quantitative estimate of drug-likeness (QED) is 0.687. The number of hydrogen-bond acceptors (Lipinski definition) is 3. The maximum Gasteiger partial charge on any atom is 0.416 e. The molecule has 0 saturated carbocycles. The fourth-order valence-corrected chi connectivity index (χ4v) is 2.33. The van der Waals surface area contributed by atoms with E-state index in [1.54, 1.807) is 24.3 Å². The molecule has 0 radical (unpaired) electrons. The number of halogens is 3. The van der Waals surface area contributed by atoms with Crippen LogP contribution in [0.2, 0.25) is 0 Å². The Morgan fingerprint density at radius 1 is 1.04 bits per heavy atom. The van der Waals surface area contributed by atoms with Gasteiger partial charge in [-0.3, -0.25) is 20.4 Å². The van der Waals surface area contributed by atoms with Crippen LogP contribution in [0.1, 0.15) is 30.5 Å². The molecular weight excluding hydrogens is 347 g/mol. The van der Waals surface area contributed by atoms with E-state index in [1.165, 1.54) is 19.1 Å². The summed E-state index contributed by atoms with van der Waals surface area (Å²) in [5, 5.41) is 2.68. The van der Waals surface area contributed by atoms with Crippen LogP contribution in [0.25, 0.3) is 0 Å². The summed E-state index contributed by atoms with van der Waals surface area (Å²) >= 11 is 0. The first-order valence-electron chi connectivity index (χ1n) is 7.80. The zero-order valence-electron chi connectivity index (χ0n) is 13.9. The number of alkyl halides is 3. The van der Waals surface area contributed by atoms with Gasteiger partial charge >= 0.3 is 6.18 Å². The average Bonchev–Trinajstić information content (AvgIpc) is 2.59. The predicted octanol–water partition coefficient (Wildman–Crippen LogP) is 3.42. The minimum atomic E-state index is -4.47. The highest BCUT2D eigenvalue weighted by Gasteiger charge is 2.30. The lowest BCUT2D eigenvalue weighted by Crippen LogP contribution is -2.35. The fraction of sp³-hybridized carbons (Fsp3) is 0.222. The number of amides is 2. The number of hydrogen-bond donors (Lipinski definition) is 3. The van der Waals surface area contributed by atoms with E-state index in [2.05, 4.69) is 16.2 Å². The van der Waals surface area contributed by atoms with Crippen molar-refractivity contribution < 1.29 is 22.8 Å². The molecule has 26 heavy (non-hydrogen) atoms. The van der Waals surface area contributed by atoms with Gasteiger partial charge in [-0.2, -0.15) is 13.2 Å². The van der Waals surface area contributed by atoms with Crippen molar-refractivity contribution in [3.63, 3.8) is 0 Å². The molecule has 2 aromatic rings. The molecule has 3 N–H and O–H groups in total. The highest BCUT2D eigenvalue weighted by Crippen LogP contribution is 2.30. The summed E-state index contributed by atoms with van der Waals surface area (Å²) in [5.41, 5.74) is 4.82. The van der Waals surface area contributed by atoms with Gasteiger partial charge in [0.1, 0.15) is 0 Å². The summed E-state index contributed by atoms with van der Waals surface area (Å²) in [6.07, 6.45) is -4.54. The molecule has 2 amide bonds. The van der Waals surface area contributed by atoms with Gasteiger partial charge in [-0.05, 0) is 23.8 Å². The first-order valence-corrected chi connectivity index (χ1v) is 7.80. The number of nitrogens with one attached hydrogen (secondary N) is 3. The SMILES string of the molecule is CC(=O)N[C@@H](CC(=O)NNc1cccc(C(F)(F)F)c1)c1ccccc1. The van der Waals surface area contributed by atoms with Gasteiger partial charge in [-0.1, -0.05) is 36.4 Å². The van der Waals surface area contributed by atoms with Crippen molar-refractivity contribution in [2.45, 2.75) is 25.6 Å². The smallest absolute Gasteiger partial charge is 0.349 e. The molecule has 8 heteroatoms. The average molecular weight is 365 g/mol. The third kappa shape index (κ3) is 5.80. The largest absolute Gasteiger partial charge is 0.416 e. The molecule has 0 aliphatic rings. The third-order valence-electron chi connectivity index (χ3n) is 3.51. The zero-order chi connectivity index (χ0) is 19.2. The number of anilines is 1. The molecule has 0 spiro atoms. The molecule has 5 nitrogen and oxygen atoms in total. The van der Waals surface area contributed by atoms with E-state index in [0.717, 1.165) is 17.7 Å². The molecule has 0 fully saturated rings. The molecule has 0 saturated heterocycles. The molecule has 1 atom stereocenters. The van der Waals surface area contributed by atoms with Crippen molar-refractivity contribution in [3.8, 4) is 0 Å². The molecular formula is C18H18F3N3O2. The predicted molar refractivity (Wildman–Crippen MR) is 90.8 cm³/mol. The van der Waals surface area contributed by atoms with Crippen molar-refractivity contribution in [1.82, 2.24) is 10.7 Å². The van der Waals surface area contributed by atoms with Crippen molar-refractivity contribution in [3.05, 3.63) is 65.7 Å².